The molecule has 322 valence electrons. The summed E-state index contributed by atoms with van der Waals surface area (Å²) in [5.74, 6) is -5.90. The Morgan fingerprint density at radius 1 is 1.02 bits per heavy atom. The zero-order chi connectivity index (χ0) is 43.1. The summed E-state index contributed by atoms with van der Waals surface area (Å²) in [6, 6.07) is 7.39. The fourth-order valence-electron chi connectivity index (χ4n) is 9.10. The number of Topliss-reactive ketones (excluding diaryl/α,β-unsaturated/α-hetero) is 2. The summed E-state index contributed by atoms with van der Waals surface area (Å²) >= 11 is 0. The third-order valence-corrected chi connectivity index (χ3v) is 12.4. The summed E-state index contributed by atoms with van der Waals surface area (Å²) in [7, 11) is 5.22. The molecule has 16 heteroatoms. The Morgan fingerprint density at radius 2 is 1.69 bits per heavy atom. The standard InChI is InChI=1S/C42H63N5O11/c1-12-31-42(8)35(47(40(52)58-42)21-17-16-20-44-45-43)26(4)32(48)24(2)23-41(7,53-11)36(27(5)33(49)28(6)37(50)55-31)57-39-34(30(46(9)10)22-25(3)54-39)56-38(51)29-18-14-13-15-19-29/h13-15,18-19,24-28,30-31,34-36,39H,12,16-17,20-23H2,1-11H3/t24-,25-,26+,27-,28-,30+,31?,34-,35-,36-,39+,41-,42-/m1/s1. The van der Waals surface area contributed by atoms with Crippen molar-refractivity contribution in [1.82, 2.24) is 9.80 Å². The molecule has 0 aromatic heterocycles. The molecule has 58 heavy (non-hydrogen) atoms. The molecule has 3 aliphatic heterocycles. The van der Waals surface area contributed by atoms with Crippen molar-refractivity contribution < 1.29 is 52.4 Å². The van der Waals surface area contributed by atoms with Gasteiger partial charge in [0, 0.05) is 42.9 Å². The summed E-state index contributed by atoms with van der Waals surface area (Å²) in [5.41, 5.74) is 6.27. The number of carbonyl (C=O) groups excluding carboxylic acids is 5. The highest BCUT2D eigenvalue weighted by atomic mass is 16.7. The van der Waals surface area contributed by atoms with E-state index in [9.17, 15) is 24.0 Å². The van der Waals surface area contributed by atoms with E-state index in [0.29, 0.717) is 24.8 Å². The van der Waals surface area contributed by atoms with Crippen molar-refractivity contribution >= 4 is 29.6 Å². The maximum atomic E-state index is 14.7. The van der Waals surface area contributed by atoms with Gasteiger partial charge in [-0.15, -0.1) is 0 Å². The highest BCUT2D eigenvalue weighted by Gasteiger charge is 2.60. The van der Waals surface area contributed by atoms with Gasteiger partial charge in [0.2, 0.25) is 0 Å². The number of hydrogen-bond donors (Lipinski definition) is 0. The predicted molar refractivity (Wildman–Crippen MR) is 212 cm³/mol. The van der Waals surface area contributed by atoms with Crippen molar-refractivity contribution in [1.29, 1.82) is 0 Å². The van der Waals surface area contributed by atoms with E-state index in [4.69, 9.17) is 34.0 Å². The molecule has 3 heterocycles. The topological polar surface area (TPSA) is 196 Å². The molecule has 3 saturated heterocycles. The average Bonchev–Trinajstić information content (AvgIpc) is 3.46. The molecule has 0 bridgehead atoms. The zero-order valence-electron chi connectivity index (χ0n) is 35.9. The number of esters is 2. The van der Waals surface area contributed by atoms with Crippen LogP contribution in [-0.4, -0.2) is 128 Å². The SMILES string of the molecule is CCC1OC(=O)[C@H](C)C(=O)[C@@H](C)[C@@H](O[C@@H]2O[C@H](C)C[C@H](N(C)C)[C@H]2OC(=O)c2ccccc2)[C@](C)(OC)C[C@@H](C)C(=O)[C@H](C)[C@H]2N(CCCCN=[N+]=[N-])C(=O)O[C@]12C. The molecule has 0 aliphatic carbocycles. The maximum Gasteiger partial charge on any atom is 0.410 e. The van der Waals surface area contributed by atoms with Gasteiger partial charge in [0.15, 0.2) is 23.8 Å². The molecule has 1 aromatic carbocycles. The van der Waals surface area contributed by atoms with Crippen molar-refractivity contribution in [3.63, 3.8) is 0 Å². The largest absolute Gasteiger partial charge is 0.458 e. The van der Waals surface area contributed by atoms with Crippen molar-refractivity contribution in [3.8, 4) is 0 Å². The first kappa shape index (κ1) is 46.6. The molecule has 0 N–H and O–H groups in total. The van der Waals surface area contributed by atoms with Gasteiger partial charge in [-0.25, -0.2) is 9.59 Å². The number of rotatable bonds is 12. The van der Waals surface area contributed by atoms with Gasteiger partial charge >= 0.3 is 18.0 Å². The third-order valence-electron chi connectivity index (χ3n) is 12.4. The van der Waals surface area contributed by atoms with E-state index in [1.165, 1.54) is 18.9 Å². The van der Waals surface area contributed by atoms with Crippen molar-refractivity contribution in [3.05, 3.63) is 46.3 Å². The van der Waals surface area contributed by atoms with E-state index in [0.717, 1.165) is 0 Å². The molecule has 1 unspecified atom stereocenters. The second kappa shape index (κ2) is 19.8. The smallest absolute Gasteiger partial charge is 0.410 e. The number of nitrogens with zero attached hydrogens (tertiary/aromatic N) is 5. The van der Waals surface area contributed by atoms with Crippen LogP contribution in [0, 0.1) is 23.7 Å². The Balaban J connectivity index is 1.79. The predicted octanol–water partition coefficient (Wildman–Crippen LogP) is 6.15. The number of ketones is 2. The summed E-state index contributed by atoms with van der Waals surface area (Å²) in [6.45, 7) is 14.2. The van der Waals surface area contributed by atoms with Gasteiger partial charge in [-0.1, -0.05) is 51.0 Å². The van der Waals surface area contributed by atoms with Crippen LogP contribution >= 0.6 is 0 Å². The first-order valence-corrected chi connectivity index (χ1v) is 20.4. The summed E-state index contributed by atoms with van der Waals surface area (Å²) in [6.07, 6.45) is -3.46. The fraction of sp³-hybridized carbons (Fsp3) is 0.738. The Labute approximate surface area is 342 Å². The van der Waals surface area contributed by atoms with Gasteiger partial charge in [0.05, 0.1) is 35.5 Å². The monoisotopic (exact) mass is 813 g/mol. The molecule has 0 spiro atoms. The normalized spacial score (nSPS) is 36.3. The quantitative estimate of drug-likeness (QED) is 0.0445. The van der Waals surface area contributed by atoms with Gasteiger partial charge in [-0.2, -0.15) is 0 Å². The number of cyclic esters (lactones) is 1. The molecule has 0 radical (unpaired) electrons. The highest BCUT2D eigenvalue weighted by Crippen LogP contribution is 2.43. The molecule has 4 rings (SSSR count). The van der Waals surface area contributed by atoms with E-state index < -0.39 is 89.3 Å². The van der Waals surface area contributed by atoms with E-state index >= 15 is 0 Å². The van der Waals surface area contributed by atoms with Crippen molar-refractivity contribution in [2.75, 3.05) is 34.3 Å². The number of fused-ring (bicyclic) bond motifs is 1. The third kappa shape index (κ3) is 10.0. The summed E-state index contributed by atoms with van der Waals surface area (Å²) < 4.78 is 37.8. The number of amides is 1. The van der Waals surface area contributed by atoms with Crippen LogP contribution in [0.25, 0.3) is 10.4 Å². The van der Waals surface area contributed by atoms with Crippen LogP contribution in [0.1, 0.15) is 97.9 Å². The average molecular weight is 814 g/mol. The number of unbranched alkanes of at least 4 members (excludes halogenated alkanes) is 1. The molecule has 3 aliphatic rings. The Bertz CT molecular complexity index is 1670. The Morgan fingerprint density at radius 3 is 2.29 bits per heavy atom. The van der Waals surface area contributed by atoms with Crippen LogP contribution in [0.2, 0.25) is 0 Å². The van der Waals surface area contributed by atoms with E-state index in [-0.39, 0.29) is 43.9 Å². The second-order valence-electron chi connectivity index (χ2n) is 16.8. The van der Waals surface area contributed by atoms with Gasteiger partial charge in [0.25, 0.3) is 0 Å². The Kier molecular flexibility index (Phi) is 15.9. The van der Waals surface area contributed by atoms with Crippen LogP contribution in [0.4, 0.5) is 4.79 Å². The molecule has 0 saturated carbocycles. The molecular weight excluding hydrogens is 750 g/mol. The minimum absolute atomic E-state index is 0.0727. The number of likely N-dealkylation sites (N-methyl/N-ethyl adjacent to an activating group) is 1. The minimum Gasteiger partial charge on any atom is -0.458 e. The van der Waals surface area contributed by atoms with Crippen molar-refractivity contribution in [2.24, 2.45) is 28.8 Å². The van der Waals surface area contributed by atoms with E-state index in [2.05, 4.69) is 10.0 Å². The number of methoxy groups -OCH3 is 1. The second-order valence-corrected chi connectivity index (χ2v) is 16.8. The lowest BCUT2D eigenvalue weighted by Gasteiger charge is -2.47. The molecular formula is C42H63N5O11. The highest BCUT2D eigenvalue weighted by molar-refractivity contribution is 6.00. The number of benzene rings is 1. The van der Waals surface area contributed by atoms with Crippen molar-refractivity contribution in [2.45, 2.75) is 141 Å². The van der Waals surface area contributed by atoms with E-state index in [1.807, 2.05) is 25.9 Å². The first-order chi connectivity index (χ1) is 27.3. The van der Waals surface area contributed by atoms with Crippen LogP contribution in [0.3, 0.4) is 0 Å². The number of carbonyl (C=O) groups is 5. The summed E-state index contributed by atoms with van der Waals surface area (Å²) in [4.78, 5) is 76.6. The van der Waals surface area contributed by atoms with Gasteiger partial charge in [-0.05, 0) is 91.6 Å². The maximum absolute atomic E-state index is 14.7. The molecule has 13 atom stereocenters. The number of hydrogen-bond acceptors (Lipinski definition) is 13. The van der Waals surface area contributed by atoms with Crippen LogP contribution < -0.4 is 0 Å². The molecule has 3 fully saturated rings. The van der Waals surface area contributed by atoms with Gasteiger partial charge in [0.1, 0.15) is 17.8 Å². The number of ether oxygens (including phenoxy) is 6. The fourth-order valence-corrected chi connectivity index (χ4v) is 9.10. The van der Waals surface area contributed by atoms with Gasteiger partial charge in [-0.3, -0.25) is 14.4 Å². The van der Waals surface area contributed by atoms with Crippen LogP contribution in [-0.2, 0) is 42.8 Å². The van der Waals surface area contributed by atoms with Crippen LogP contribution in [0.15, 0.2) is 35.4 Å². The zero-order valence-corrected chi connectivity index (χ0v) is 35.9. The summed E-state index contributed by atoms with van der Waals surface area (Å²) in [5, 5.41) is 3.59. The lowest BCUT2D eigenvalue weighted by atomic mass is 9.73. The molecule has 1 aromatic rings. The molecule has 16 nitrogen and oxygen atoms in total. The lowest BCUT2D eigenvalue weighted by molar-refractivity contribution is -0.294. The van der Waals surface area contributed by atoms with Crippen LogP contribution in [0.5, 0.6) is 0 Å². The first-order valence-electron chi connectivity index (χ1n) is 20.4. The minimum atomic E-state index is -1.44. The molecule has 1 amide bonds. The Hall–Kier alpha value is -4.08. The van der Waals surface area contributed by atoms with Gasteiger partial charge < -0.3 is 38.2 Å². The lowest BCUT2D eigenvalue weighted by Crippen LogP contribution is -2.61. The van der Waals surface area contributed by atoms with E-state index in [1.54, 1.807) is 71.9 Å². The number of azide groups is 1.